The SMILES string of the molecule is CC[Si](CC)(CC)OC1COC2(CC3C#C/C=C\C#CCC(=C2OC(N)=O)C3)O1. The van der Waals surface area contributed by atoms with E-state index < -0.39 is 26.5 Å². The summed E-state index contributed by atoms with van der Waals surface area (Å²) in [4.78, 5) is 11.6. The van der Waals surface area contributed by atoms with Gasteiger partial charge in [0.2, 0.25) is 5.79 Å². The number of ether oxygens (including phenoxy) is 3. The van der Waals surface area contributed by atoms with Crippen molar-refractivity contribution in [2.24, 2.45) is 11.7 Å². The molecule has 0 aromatic heterocycles. The van der Waals surface area contributed by atoms with E-state index in [1.165, 1.54) is 0 Å². The monoisotopic (exact) mass is 415 g/mol. The predicted octanol–water partition coefficient (Wildman–Crippen LogP) is 3.80. The normalized spacial score (nSPS) is 29.5. The van der Waals surface area contributed by atoms with E-state index in [-0.39, 0.29) is 12.5 Å². The number of carbonyl (C=O) groups is 1. The minimum Gasteiger partial charge on any atom is -0.409 e. The molecule has 0 aromatic carbocycles. The van der Waals surface area contributed by atoms with Crippen LogP contribution < -0.4 is 5.73 Å². The van der Waals surface area contributed by atoms with Gasteiger partial charge < -0.3 is 24.4 Å². The first-order valence-electron chi connectivity index (χ1n) is 10.3. The Hall–Kier alpha value is -2.03. The van der Waals surface area contributed by atoms with Gasteiger partial charge in [-0.05, 0) is 42.3 Å². The molecule has 3 rings (SSSR count). The Morgan fingerprint density at radius 3 is 2.69 bits per heavy atom. The Balaban J connectivity index is 1.94. The van der Waals surface area contributed by atoms with Crippen molar-refractivity contribution in [3.8, 4) is 23.7 Å². The topological polar surface area (TPSA) is 80.0 Å². The Morgan fingerprint density at radius 2 is 2.00 bits per heavy atom. The standard InChI is InChI=1S/C22H29NO5Si/c1-4-29(5-2,6-3)28-19-16-25-22(27-19)15-17-12-10-8-7-9-11-13-18(14-17)20(22)26-21(23)24/h7-8,17,19H,4-6,13-16H2,1-3H3,(H2,23,24)/b8-7-. The molecule has 156 valence electrons. The van der Waals surface area contributed by atoms with Gasteiger partial charge in [0.15, 0.2) is 20.4 Å². The van der Waals surface area contributed by atoms with Crippen molar-refractivity contribution in [2.75, 3.05) is 6.61 Å². The second-order valence-electron chi connectivity index (χ2n) is 7.55. The largest absolute Gasteiger partial charge is 0.409 e. The van der Waals surface area contributed by atoms with E-state index in [4.69, 9.17) is 24.4 Å². The average molecular weight is 416 g/mol. The first-order valence-corrected chi connectivity index (χ1v) is 12.8. The number of allylic oxidation sites excluding steroid dienone is 3. The molecule has 7 heteroatoms. The van der Waals surface area contributed by atoms with Crippen molar-refractivity contribution in [2.45, 2.75) is 70.2 Å². The minimum atomic E-state index is -1.89. The van der Waals surface area contributed by atoms with Crippen molar-refractivity contribution in [3.05, 3.63) is 23.5 Å². The van der Waals surface area contributed by atoms with Crippen LogP contribution in [0.15, 0.2) is 23.5 Å². The van der Waals surface area contributed by atoms with Crippen LogP contribution in [0.4, 0.5) is 4.79 Å². The Bertz CT molecular complexity index is 815. The molecular weight excluding hydrogens is 386 g/mol. The Kier molecular flexibility index (Phi) is 6.87. The quantitative estimate of drug-likeness (QED) is 0.527. The highest BCUT2D eigenvalue weighted by molar-refractivity contribution is 6.73. The van der Waals surface area contributed by atoms with Gasteiger partial charge in [0.05, 0.1) is 0 Å². The summed E-state index contributed by atoms with van der Waals surface area (Å²) in [6, 6.07) is 3.03. The third kappa shape index (κ3) is 4.76. The highest BCUT2D eigenvalue weighted by Crippen LogP contribution is 2.46. The van der Waals surface area contributed by atoms with Crippen molar-refractivity contribution in [1.82, 2.24) is 0 Å². The van der Waals surface area contributed by atoms with Crippen molar-refractivity contribution in [3.63, 3.8) is 0 Å². The summed E-state index contributed by atoms with van der Waals surface area (Å²) >= 11 is 0. The lowest BCUT2D eigenvalue weighted by Gasteiger charge is -2.37. The number of nitrogens with two attached hydrogens (primary N) is 1. The number of hydrogen-bond donors (Lipinski definition) is 1. The van der Waals surface area contributed by atoms with Gasteiger partial charge in [-0.1, -0.05) is 44.5 Å². The molecule has 2 N–H and O–H groups in total. The molecule has 1 aliphatic heterocycles. The lowest BCUT2D eigenvalue weighted by molar-refractivity contribution is -0.198. The third-order valence-electron chi connectivity index (χ3n) is 5.91. The smallest absolute Gasteiger partial charge is 0.409 e. The molecule has 1 saturated heterocycles. The molecule has 2 bridgehead atoms. The lowest BCUT2D eigenvalue weighted by Crippen LogP contribution is -2.44. The maximum Gasteiger partial charge on any atom is 0.409 e. The molecule has 1 fully saturated rings. The van der Waals surface area contributed by atoms with Crippen LogP contribution in [0, 0.1) is 29.6 Å². The zero-order chi connectivity index (χ0) is 20.9. The first-order chi connectivity index (χ1) is 14.0. The van der Waals surface area contributed by atoms with E-state index in [1.54, 1.807) is 12.2 Å². The van der Waals surface area contributed by atoms with Gasteiger partial charge in [0.1, 0.15) is 6.61 Å². The fourth-order valence-corrected chi connectivity index (χ4v) is 6.84. The van der Waals surface area contributed by atoms with Crippen molar-refractivity contribution < 1.29 is 23.4 Å². The molecule has 29 heavy (non-hydrogen) atoms. The van der Waals surface area contributed by atoms with Gasteiger partial charge >= 0.3 is 6.09 Å². The van der Waals surface area contributed by atoms with Gasteiger partial charge in [-0.3, -0.25) is 0 Å². The second kappa shape index (κ2) is 9.19. The van der Waals surface area contributed by atoms with Crippen LogP contribution in [0.5, 0.6) is 0 Å². The summed E-state index contributed by atoms with van der Waals surface area (Å²) in [5, 5.41) is 0. The van der Waals surface area contributed by atoms with E-state index in [0.29, 0.717) is 25.0 Å². The van der Waals surface area contributed by atoms with E-state index in [9.17, 15) is 4.79 Å². The summed E-state index contributed by atoms with van der Waals surface area (Å²) in [6.45, 7) is 6.78. The van der Waals surface area contributed by atoms with Crippen LogP contribution >= 0.6 is 0 Å². The van der Waals surface area contributed by atoms with E-state index in [1.807, 2.05) is 0 Å². The molecule has 3 atom stereocenters. The summed E-state index contributed by atoms with van der Waals surface area (Å²) < 4.78 is 24.4. The summed E-state index contributed by atoms with van der Waals surface area (Å²) in [5.74, 6) is 11.4. The number of carbonyl (C=O) groups excluding carboxylic acids is 1. The Labute approximate surface area is 173 Å². The van der Waals surface area contributed by atoms with Crippen molar-refractivity contribution >= 4 is 14.4 Å². The van der Waals surface area contributed by atoms with Gasteiger partial charge in [0.25, 0.3) is 0 Å². The molecule has 1 heterocycles. The summed E-state index contributed by atoms with van der Waals surface area (Å²) in [5.41, 5.74) is 6.20. The van der Waals surface area contributed by atoms with Crippen LogP contribution in [0.1, 0.15) is 40.0 Å². The molecule has 0 saturated carbocycles. The summed E-state index contributed by atoms with van der Waals surface area (Å²) in [6.07, 6.45) is 3.59. The minimum absolute atomic E-state index is 0.000876. The predicted molar refractivity (Wildman–Crippen MR) is 112 cm³/mol. The number of rotatable bonds is 6. The first kappa shape index (κ1) is 21.7. The molecule has 0 radical (unpaired) electrons. The molecule has 0 aromatic rings. The highest BCUT2D eigenvalue weighted by Gasteiger charge is 2.53. The molecule has 1 spiro atoms. The van der Waals surface area contributed by atoms with Crippen LogP contribution in [0.2, 0.25) is 18.1 Å². The zero-order valence-electron chi connectivity index (χ0n) is 17.4. The second-order valence-corrected chi connectivity index (χ2v) is 12.3. The van der Waals surface area contributed by atoms with E-state index in [2.05, 4.69) is 44.5 Å². The third-order valence-corrected chi connectivity index (χ3v) is 10.5. The van der Waals surface area contributed by atoms with E-state index in [0.717, 1.165) is 23.7 Å². The zero-order valence-corrected chi connectivity index (χ0v) is 18.4. The molecule has 3 unspecified atom stereocenters. The Morgan fingerprint density at radius 1 is 1.28 bits per heavy atom. The molecular formula is C22H29NO5Si. The van der Waals surface area contributed by atoms with Gasteiger partial charge in [-0.2, -0.15) is 0 Å². The maximum absolute atomic E-state index is 11.6. The molecule has 3 aliphatic rings. The fourth-order valence-electron chi connectivity index (χ4n) is 4.17. The van der Waals surface area contributed by atoms with Gasteiger partial charge in [-0.15, -0.1) is 0 Å². The number of amides is 1. The number of fused-ring (bicyclic) bond motifs is 2. The maximum atomic E-state index is 11.6. The average Bonchev–Trinajstić information content (AvgIpc) is 3.10. The number of hydrogen-bond acceptors (Lipinski definition) is 5. The highest BCUT2D eigenvalue weighted by atomic mass is 28.4. The van der Waals surface area contributed by atoms with Crippen LogP contribution in [0.3, 0.4) is 0 Å². The molecule has 2 aliphatic carbocycles. The summed E-state index contributed by atoms with van der Waals surface area (Å²) in [7, 11) is -1.89. The van der Waals surface area contributed by atoms with Gasteiger partial charge in [0, 0.05) is 18.8 Å². The number of primary amides is 1. The van der Waals surface area contributed by atoms with Crippen LogP contribution in [-0.2, 0) is 18.6 Å². The van der Waals surface area contributed by atoms with E-state index >= 15 is 0 Å². The van der Waals surface area contributed by atoms with Gasteiger partial charge in [-0.25, -0.2) is 4.79 Å². The molecule has 1 amide bonds. The lowest BCUT2D eigenvalue weighted by atomic mass is 9.82. The molecule has 6 nitrogen and oxygen atoms in total. The van der Waals surface area contributed by atoms with Crippen LogP contribution in [0.25, 0.3) is 0 Å². The van der Waals surface area contributed by atoms with Crippen LogP contribution in [-0.4, -0.2) is 33.1 Å². The van der Waals surface area contributed by atoms with Crippen molar-refractivity contribution in [1.29, 1.82) is 0 Å². The fraction of sp³-hybridized carbons (Fsp3) is 0.591.